The summed E-state index contributed by atoms with van der Waals surface area (Å²) in [5.74, 6) is -1.08. The number of aliphatic carboxylic acids is 1. The summed E-state index contributed by atoms with van der Waals surface area (Å²) >= 11 is 6.40. The van der Waals surface area contributed by atoms with Crippen LogP contribution < -0.4 is 0 Å². The van der Waals surface area contributed by atoms with Crippen LogP contribution in [0.15, 0.2) is 54.6 Å². The SMILES string of the molecule is O=C(O)Cn1c(O)c(Cc2ccc(Cc3ccccc3)cc2)sc1=S. The van der Waals surface area contributed by atoms with Crippen LogP contribution >= 0.6 is 23.6 Å². The Kier molecular flexibility index (Phi) is 5.31. The number of aromatic nitrogens is 1. The van der Waals surface area contributed by atoms with Crippen LogP contribution in [0, 0.1) is 3.95 Å². The van der Waals surface area contributed by atoms with Gasteiger partial charge >= 0.3 is 5.97 Å². The van der Waals surface area contributed by atoms with Crippen LogP contribution in [0.4, 0.5) is 0 Å². The molecule has 128 valence electrons. The van der Waals surface area contributed by atoms with Gasteiger partial charge in [0.25, 0.3) is 0 Å². The number of thiazole rings is 1. The zero-order valence-corrected chi connectivity index (χ0v) is 15.0. The molecule has 3 rings (SSSR count). The van der Waals surface area contributed by atoms with E-state index in [2.05, 4.69) is 24.3 Å². The number of aromatic hydroxyl groups is 1. The fraction of sp³-hybridized carbons (Fsp3) is 0.158. The molecule has 2 N–H and O–H groups in total. The van der Waals surface area contributed by atoms with E-state index in [1.54, 1.807) is 0 Å². The van der Waals surface area contributed by atoms with E-state index in [0.29, 0.717) is 15.3 Å². The van der Waals surface area contributed by atoms with Gasteiger partial charge in [-0.1, -0.05) is 54.6 Å². The second-order valence-electron chi connectivity index (χ2n) is 5.75. The highest BCUT2D eigenvalue weighted by Gasteiger charge is 2.14. The Hall–Kier alpha value is -2.44. The highest BCUT2D eigenvalue weighted by atomic mass is 32.1. The molecule has 0 atom stereocenters. The summed E-state index contributed by atoms with van der Waals surface area (Å²) in [5.41, 5.74) is 3.53. The maximum absolute atomic E-state index is 10.9. The fourth-order valence-electron chi connectivity index (χ4n) is 2.62. The van der Waals surface area contributed by atoms with Crippen molar-refractivity contribution < 1.29 is 15.0 Å². The van der Waals surface area contributed by atoms with E-state index in [-0.39, 0.29) is 12.4 Å². The lowest BCUT2D eigenvalue weighted by Gasteiger charge is -2.05. The molecule has 25 heavy (non-hydrogen) atoms. The molecule has 1 aromatic heterocycles. The third-order valence-corrected chi connectivity index (χ3v) is 5.31. The number of carbonyl (C=O) groups is 1. The van der Waals surface area contributed by atoms with E-state index in [1.165, 1.54) is 27.0 Å². The van der Waals surface area contributed by atoms with Crippen molar-refractivity contribution in [3.8, 4) is 5.88 Å². The predicted molar refractivity (Wildman–Crippen MR) is 101 cm³/mol. The molecule has 0 fully saturated rings. The van der Waals surface area contributed by atoms with Gasteiger partial charge in [0.15, 0.2) is 3.95 Å². The van der Waals surface area contributed by atoms with Gasteiger partial charge in [-0.3, -0.25) is 9.36 Å². The Morgan fingerprint density at radius 2 is 1.52 bits per heavy atom. The molecule has 0 aliphatic rings. The Balaban J connectivity index is 1.74. The molecule has 0 radical (unpaired) electrons. The van der Waals surface area contributed by atoms with E-state index < -0.39 is 5.97 Å². The average molecular weight is 371 g/mol. The monoisotopic (exact) mass is 371 g/mol. The first-order valence-electron chi connectivity index (χ1n) is 7.78. The van der Waals surface area contributed by atoms with Gasteiger partial charge < -0.3 is 10.2 Å². The Morgan fingerprint density at radius 1 is 0.960 bits per heavy atom. The molecule has 0 spiro atoms. The number of nitrogens with zero attached hydrogens (tertiary/aromatic N) is 1. The molecule has 3 aromatic rings. The molecule has 0 aliphatic heterocycles. The Morgan fingerprint density at radius 3 is 2.12 bits per heavy atom. The quantitative estimate of drug-likeness (QED) is 0.636. The van der Waals surface area contributed by atoms with Crippen LogP contribution in [0.2, 0.25) is 0 Å². The molecule has 0 bridgehead atoms. The van der Waals surface area contributed by atoms with Crippen molar-refractivity contribution >= 4 is 29.5 Å². The van der Waals surface area contributed by atoms with Crippen molar-refractivity contribution in [1.29, 1.82) is 0 Å². The van der Waals surface area contributed by atoms with Gasteiger partial charge in [0.1, 0.15) is 6.54 Å². The van der Waals surface area contributed by atoms with Gasteiger partial charge in [0.2, 0.25) is 5.88 Å². The highest BCUT2D eigenvalue weighted by Crippen LogP contribution is 2.28. The van der Waals surface area contributed by atoms with Crippen LogP contribution in [-0.2, 0) is 24.2 Å². The summed E-state index contributed by atoms with van der Waals surface area (Å²) in [5, 5.41) is 19.1. The van der Waals surface area contributed by atoms with E-state index in [4.69, 9.17) is 17.3 Å². The molecule has 0 amide bonds. The summed E-state index contributed by atoms with van der Waals surface area (Å²) in [4.78, 5) is 11.5. The summed E-state index contributed by atoms with van der Waals surface area (Å²) in [6.45, 7) is -0.322. The molecule has 2 aromatic carbocycles. The molecule has 0 aliphatic carbocycles. The Labute approximate surface area is 154 Å². The van der Waals surface area contributed by atoms with Crippen LogP contribution in [-0.4, -0.2) is 20.7 Å². The largest absolute Gasteiger partial charge is 0.494 e. The van der Waals surface area contributed by atoms with Crippen LogP contribution in [0.1, 0.15) is 21.6 Å². The zero-order valence-electron chi connectivity index (χ0n) is 13.4. The standard InChI is InChI=1S/C19H17NO3S2/c21-17(22)12-20-18(23)16(25-19(20)24)11-15-8-6-14(7-9-15)10-13-4-2-1-3-5-13/h1-9,23H,10-12H2,(H,21,22). The number of hydrogen-bond donors (Lipinski definition) is 2. The lowest BCUT2D eigenvalue weighted by molar-refractivity contribution is -0.137. The van der Waals surface area contributed by atoms with Crippen LogP contribution in [0.3, 0.4) is 0 Å². The number of hydrogen-bond acceptors (Lipinski definition) is 4. The third kappa shape index (κ3) is 4.35. The van der Waals surface area contributed by atoms with E-state index in [1.807, 2.05) is 30.3 Å². The minimum absolute atomic E-state index is 0.0502. The second kappa shape index (κ2) is 7.63. The minimum atomic E-state index is -1.03. The van der Waals surface area contributed by atoms with Crippen LogP contribution in [0.5, 0.6) is 5.88 Å². The molecule has 6 heteroatoms. The highest BCUT2D eigenvalue weighted by molar-refractivity contribution is 7.73. The summed E-state index contributed by atoms with van der Waals surface area (Å²) in [7, 11) is 0. The predicted octanol–water partition coefficient (Wildman–Crippen LogP) is 4.25. The number of rotatable bonds is 6. The third-order valence-electron chi connectivity index (χ3n) is 3.87. The lowest BCUT2D eigenvalue weighted by atomic mass is 10.0. The first-order chi connectivity index (χ1) is 12.0. The van der Waals surface area contributed by atoms with Crippen molar-refractivity contribution in [3.63, 3.8) is 0 Å². The topological polar surface area (TPSA) is 62.5 Å². The van der Waals surface area contributed by atoms with Crippen molar-refractivity contribution in [3.05, 3.63) is 80.1 Å². The second-order valence-corrected chi connectivity index (χ2v) is 7.48. The molecule has 0 saturated heterocycles. The van der Waals surface area contributed by atoms with Crippen molar-refractivity contribution in [2.45, 2.75) is 19.4 Å². The van der Waals surface area contributed by atoms with E-state index in [9.17, 15) is 9.90 Å². The number of carboxylic acid groups (broad SMARTS) is 1. The normalized spacial score (nSPS) is 10.7. The van der Waals surface area contributed by atoms with Crippen molar-refractivity contribution in [2.75, 3.05) is 0 Å². The van der Waals surface area contributed by atoms with Crippen LogP contribution in [0.25, 0.3) is 0 Å². The van der Waals surface area contributed by atoms with Gasteiger partial charge in [0, 0.05) is 6.42 Å². The van der Waals surface area contributed by atoms with Gasteiger partial charge in [-0.25, -0.2) is 0 Å². The first-order valence-corrected chi connectivity index (χ1v) is 9.00. The molecular weight excluding hydrogens is 354 g/mol. The maximum atomic E-state index is 10.9. The van der Waals surface area contributed by atoms with Gasteiger partial charge in [-0.2, -0.15) is 0 Å². The van der Waals surface area contributed by atoms with E-state index >= 15 is 0 Å². The van der Waals surface area contributed by atoms with Gasteiger partial charge in [0.05, 0.1) is 4.88 Å². The summed E-state index contributed by atoms with van der Waals surface area (Å²) < 4.78 is 1.62. The summed E-state index contributed by atoms with van der Waals surface area (Å²) in [6.07, 6.45) is 1.40. The van der Waals surface area contributed by atoms with E-state index in [0.717, 1.165) is 12.0 Å². The molecular formula is C19H17NO3S2. The van der Waals surface area contributed by atoms with Crippen molar-refractivity contribution in [1.82, 2.24) is 4.57 Å². The van der Waals surface area contributed by atoms with Crippen molar-refractivity contribution in [2.24, 2.45) is 0 Å². The smallest absolute Gasteiger partial charge is 0.323 e. The molecule has 4 nitrogen and oxygen atoms in total. The minimum Gasteiger partial charge on any atom is -0.494 e. The fourth-order valence-corrected chi connectivity index (χ4v) is 3.99. The molecule has 0 saturated carbocycles. The van der Waals surface area contributed by atoms with Gasteiger partial charge in [-0.05, 0) is 35.3 Å². The Bertz CT molecular complexity index is 928. The molecule has 0 unspecified atom stereocenters. The summed E-state index contributed by atoms with van der Waals surface area (Å²) in [6, 6.07) is 18.5. The maximum Gasteiger partial charge on any atom is 0.323 e. The average Bonchev–Trinajstić information content (AvgIpc) is 2.85. The van der Waals surface area contributed by atoms with Gasteiger partial charge in [-0.15, -0.1) is 11.3 Å². The first kappa shape index (κ1) is 17.4. The lowest BCUT2D eigenvalue weighted by Crippen LogP contribution is -2.08. The number of carboxylic acids is 1. The zero-order chi connectivity index (χ0) is 17.8. The number of benzene rings is 2. The molecule has 1 heterocycles.